The first-order chi connectivity index (χ1) is 7.99. The number of carbonyl (C=O) groups is 1. The highest BCUT2D eigenvalue weighted by atomic mass is 16.4. The number of aliphatic carboxylic acids is 1. The number of hydrogen-bond acceptors (Lipinski definition) is 2. The molecule has 0 aliphatic carbocycles. The third-order valence-electron chi connectivity index (χ3n) is 2.88. The number of carboxylic acid groups (broad SMARTS) is 1. The maximum atomic E-state index is 11.1. The fourth-order valence-electron chi connectivity index (χ4n) is 1.76. The van der Waals surface area contributed by atoms with Gasteiger partial charge in [0.25, 0.3) is 0 Å². The second-order valence-corrected chi connectivity index (χ2v) is 4.65. The second-order valence-electron chi connectivity index (χ2n) is 4.65. The van der Waals surface area contributed by atoms with Crippen LogP contribution < -0.4 is 0 Å². The molecule has 17 heavy (non-hydrogen) atoms. The topological polar surface area (TPSA) is 57.5 Å². The zero-order chi connectivity index (χ0) is 12.8. The lowest BCUT2D eigenvalue weighted by molar-refractivity contribution is -0.142. The monoisotopic (exact) mass is 236 g/mol. The summed E-state index contributed by atoms with van der Waals surface area (Å²) in [6.07, 6.45) is 1.14. The molecule has 0 saturated carbocycles. The van der Waals surface area contributed by atoms with Crippen molar-refractivity contribution in [3.8, 4) is 0 Å². The predicted octanol–water partition coefficient (Wildman–Crippen LogP) is 2.40. The van der Waals surface area contributed by atoms with Crippen LogP contribution in [-0.4, -0.2) is 22.3 Å². The number of aryl methyl sites for hydroxylation is 1. The van der Waals surface area contributed by atoms with E-state index >= 15 is 0 Å². The molecule has 0 spiro atoms. The van der Waals surface area contributed by atoms with Crippen LogP contribution in [-0.2, 0) is 11.2 Å². The molecule has 3 nitrogen and oxygen atoms in total. The Hall–Kier alpha value is -1.35. The van der Waals surface area contributed by atoms with Gasteiger partial charge in [0.15, 0.2) is 0 Å². The summed E-state index contributed by atoms with van der Waals surface area (Å²) in [6.45, 7) is 3.69. The van der Waals surface area contributed by atoms with Crippen molar-refractivity contribution in [1.29, 1.82) is 0 Å². The van der Waals surface area contributed by atoms with Gasteiger partial charge in [0.1, 0.15) is 0 Å². The first-order valence-corrected chi connectivity index (χ1v) is 5.95. The fraction of sp³-hybridized carbons (Fsp3) is 0.500. The Bertz CT molecular complexity index is 354. The molecular formula is C14H20O3. The molecule has 3 heteroatoms. The van der Waals surface area contributed by atoms with Gasteiger partial charge in [0, 0.05) is 0 Å². The fourth-order valence-corrected chi connectivity index (χ4v) is 1.76. The van der Waals surface area contributed by atoms with E-state index in [9.17, 15) is 9.90 Å². The number of rotatable bonds is 6. The molecule has 0 bridgehead atoms. The van der Waals surface area contributed by atoms with Gasteiger partial charge >= 0.3 is 5.97 Å². The largest absolute Gasteiger partial charge is 0.481 e. The van der Waals surface area contributed by atoms with E-state index in [4.69, 9.17) is 5.11 Å². The Balaban J connectivity index is 2.60. The third kappa shape index (κ3) is 5.00. The molecule has 2 atom stereocenters. The van der Waals surface area contributed by atoms with Crippen molar-refractivity contribution in [2.45, 2.75) is 39.2 Å². The van der Waals surface area contributed by atoms with E-state index in [1.54, 1.807) is 6.92 Å². The first kappa shape index (κ1) is 13.7. The number of benzene rings is 1. The summed E-state index contributed by atoms with van der Waals surface area (Å²) in [4.78, 5) is 11.1. The minimum atomic E-state index is -0.786. The van der Waals surface area contributed by atoms with Gasteiger partial charge in [-0.3, -0.25) is 4.79 Å². The minimum Gasteiger partial charge on any atom is -0.481 e. The standard InChI is InChI=1S/C14H20O3/c1-10-3-6-12(7-4-10)9-13(14(16)17)8-5-11(2)15/h3-4,6-7,11,13,15H,5,8-9H2,1-2H3,(H,16,17). The maximum absolute atomic E-state index is 11.1. The molecule has 0 aliphatic heterocycles. The van der Waals surface area contributed by atoms with Gasteiger partial charge in [-0.25, -0.2) is 0 Å². The highest BCUT2D eigenvalue weighted by molar-refractivity contribution is 5.70. The summed E-state index contributed by atoms with van der Waals surface area (Å²) in [5, 5.41) is 18.3. The smallest absolute Gasteiger partial charge is 0.306 e. The lowest BCUT2D eigenvalue weighted by Gasteiger charge is -2.13. The number of aliphatic hydroxyl groups excluding tert-OH is 1. The van der Waals surface area contributed by atoms with Gasteiger partial charge in [-0.1, -0.05) is 29.8 Å². The molecule has 2 N–H and O–H groups in total. The molecule has 0 aromatic heterocycles. The molecular weight excluding hydrogens is 216 g/mol. The summed E-state index contributed by atoms with van der Waals surface area (Å²) in [6, 6.07) is 7.91. The number of aliphatic hydroxyl groups is 1. The highest BCUT2D eigenvalue weighted by Gasteiger charge is 2.18. The zero-order valence-corrected chi connectivity index (χ0v) is 10.4. The van der Waals surface area contributed by atoms with Crippen LogP contribution in [0.25, 0.3) is 0 Å². The maximum Gasteiger partial charge on any atom is 0.306 e. The van der Waals surface area contributed by atoms with Crippen molar-refractivity contribution in [2.75, 3.05) is 0 Å². The van der Waals surface area contributed by atoms with Crippen LogP contribution in [0.1, 0.15) is 30.9 Å². The Kier molecular flexibility index (Phi) is 5.16. The van der Waals surface area contributed by atoms with Crippen LogP contribution in [0.4, 0.5) is 0 Å². The van der Waals surface area contributed by atoms with Gasteiger partial charge in [-0.05, 0) is 38.7 Å². The molecule has 1 aromatic carbocycles. The van der Waals surface area contributed by atoms with E-state index in [2.05, 4.69) is 0 Å². The summed E-state index contributed by atoms with van der Waals surface area (Å²) in [5.41, 5.74) is 2.21. The number of hydrogen-bond donors (Lipinski definition) is 2. The molecule has 0 aliphatic rings. The molecule has 0 radical (unpaired) electrons. The molecule has 1 aromatic rings. The molecule has 2 unspecified atom stereocenters. The SMILES string of the molecule is Cc1ccc(CC(CCC(C)O)C(=O)O)cc1. The van der Waals surface area contributed by atoms with E-state index in [0.29, 0.717) is 19.3 Å². The predicted molar refractivity (Wildman–Crippen MR) is 66.9 cm³/mol. The minimum absolute atomic E-state index is 0.410. The average Bonchev–Trinajstić information content (AvgIpc) is 2.26. The normalized spacial score (nSPS) is 14.3. The molecule has 0 fully saturated rings. The molecule has 0 amide bonds. The summed E-state index contributed by atoms with van der Waals surface area (Å²) in [7, 11) is 0. The van der Waals surface area contributed by atoms with Crippen LogP contribution in [0.3, 0.4) is 0 Å². The lowest BCUT2D eigenvalue weighted by Crippen LogP contribution is -2.18. The Morgan fingerprint density at radius 3 is 2.29 bits per heavy atom. The molecule has 0 heterocycles. The molecule has 94 valence electrons. The van der Waals surface area contributed by atoms with E-state index in [1.165, 1.54) is 5.56 Å². The lowest BCUT2D eigenvalue weighted by atomic mass is 9.93. The number of carboxylic acids is 1. The summed E-state index contributed by atoms with van der Waals surface area (Å²) in [5.74, 6) is -1.20. The Morgan fingerprint density at radius 2 is 1.82 bits per heavy atom. The first-order valence-electron chi connectivity index (χ1n) is 5.95. The van der Waals surface area contributed by atoms with E-state index in [-0.39, 0.29) is 0 Å². The van der Waals surface area contributed by atoms with Gasteiger partial charge < -0.3 is 10.2 Å². The van der Waals surface area contributed by atoms with Crippen LogP contribution in [0.15, 0.2) is 24.3 Å². The molecule has 0 saturated heterocycles. The van der Waals surface area contributed by atoms with Crippen LogP contribution >= 0.6 is 0 Å². The molecule has 1 rings (SSSR count). The van der Waals surface area contributed by atoms with Crippen molar-refractivity contribution in [1.82, 2.24) is 0 Å². The van der Waals surface area contributed by atoms with Crippen molar-refractivity contribution < 1.29 is 15.0 Å². The van der Waals surface area contributed by atoms with Crippen LogP contribution in [0, 0.1) is 12.8 Å². The highest BCUT2D eigenvalue weighted by Crippen LogP contribution is 2.16. The second kappa shape index (κ2) is 6.40. The Labute approximate surface area is 102 Å². The van der Waals surface area contributed by atoms with Gasteiger partial charge in [-0.15, -0.1) is 0 Å². The van der Waals surface area contributed by atoms with Gasteiger partial charge in [0.2, 0.25) is 0 Å². The van der Waals surface area contributed by atoms with Crippen LogP contribution in [0.2, 0.25) is 0 Å². The third-order valence-corrected chi connectivity index (χ3v) is 2.88. The quantitative estimate of drug-likeness (QED) is 0.797. The van der Waals surface area contributed by atoms with Crippen molar-refractivity contribution in [2.24, 2.45) is 5.92 Å². The Morgan fingerprint density at radius 1 is 1.24 bits per heavy atom. The van der Waals surface area contributed by atoms with Crippen molar-refractivity contribution >= 4 is 5.97 Å². The van der Waals surface area contributed by atoms with E-state index < -0.39 is 18.0 Å². The van der Waals surface area contributed by atoms with E-state index in [1.807, 2.05) is 31.2 Å². The van der Waals surface area contributed by atoms with Gasteiger partial charge in [0.05, 0.1) is 12.0 Å². The summed E-state index contributed by atoms with van der Waals surface area (Å²) >= 11 is 0. The zero-order valence-electron chi connectivity index (χ0n) is 10.4. The average molecular weight is 236 g/mol. The summed E-state index contributed by atoms with van der Waals surface area (Å²) < 4.78 is 0. The van der Waals surface area contributed by atoms with Crippen molar-refractivity contribution in [3.05, 3.63) is 35.4 Å². The van der Waals surface area contributed by atoms with Crippen molar-refractivity contribution in [3.63, 3.8) is 0 Å². The van der Waals surface area contributed by atoms with Gasteiger partial charge in [-0.2, -0.15) is 0 Å². The van der Waals surface area contributed by atoms with Crippen LogP contribution in [0.5, 0.6) is 0 Å². The van der Waals surface area contributed by atoms with E-state index in [0.717, 1.165) is 5.56 Å².